The molecule has 7 heavy (non-hydrogen) atoms. The van der Waals surface area contributed by atoms with Crippen LogP contribution in [0.4, 0.5) is 4.48 Å². The summed E-state index contributed by atoms with van der Waals surface area (Å²) in [6, 6.07) is 0. The summed E-state index contributed by atoms with van der Waals surface area (Å²) >= 11 is 0. The van der Waals surface area contributed by atoms with Gasteiger partial charge in [-0.15, -0.1) is 5.11 Å². The highest BCUT2D eigenvalue weighted by molar-refractivity contribution is 4.74. The summed E-state index contributed by atoms with van der Waals surface area (Å²) in [4.78, 5) is 0. The molecule has 0 atom stereocenters. The lowest BCUT2D eigenvalue weighted by Gasteiger charge is -2.04. The normalized spacial score (nSPS) is 17.0. The van der Waals surface area contributed by atoms with E-state index in [1.165, 1.54) is 12.4 Å². The van der Waals surface area contributed by atoms with Crippen LogP contribution in [0.2, 0.25) is 0 Å². The van der Waals surface area contributed by atoms with Crippen molar-refractivity contribution in [1.29, 1.82) is 0 Å². The molecule has 0 spiro atoms. The molecule has 1 aliphatic rings. The Hall–Kier alpha value is -1.13. The Labute approximate surface area is 39.2 Å². The van der Waals surface area contributed by atoms with Gasteiger partial charge in [-0.05, 0) is 10.6 Å². The van der Waals surface area contributed by atoms with Gasteiger partial charge in [0.05, 0.1) is 6.20 Å². The third-order valence-electron chi connectivity index (χ3n) is 0.452. The largest absolute Gasteiger partial charge is 0.258 e. The van der Waals surface area contributed by atoms with Gasteiger partial charge in [0.15, 0.2) is 0 Å². The number of hydrogen-bond acceptors (Lipinski definition) is 4. The molecule has 38 valence electrons. The number of hydrogen-bond donors (Lipinski definition) is 1. The first-order valence-electron chi connectivity index (χ1n) is 1.67. The summed E-state index contributed by atoms with van der Waals surface area (Å²) in [7, 11) is 0. The highest BCUT2D eigenvalue weighted by atomic mass is 19.2. The molecule has 0 unspecified atom stereocenters. The van der Waals surface area contributed by atoms with Crippen molar-refractivity contribution >= 4 is 0 Å². The van der Waals surface area contributed by atoms with Crippen LogP contribution in [0.3, 0.4) is 0 Å². The molecule has 0 aliphatic carbocycles. The molecule has 0 fully saturated rings. The van der Waals surface area contributed by atoms with Crippen molar-refractivity contribution in [1.82, 2.24) is 10.8 Å². The van der Waals surface area contributed by atoms with Gasteiger partial charge in [0.25, 0.3) is 0 Å². The Balaban J connectivity index is 2.49. The van der Waals surface area contributed by atoms with Crippen LogP contribution in [0.5, 0.6) is 0 Å². The summed E-state index contributed by atoms with van der Waals surface area (Å²) in [5.41, 5.74) is 2.11. The minimum absolute atomic E-state index is 0.0139. The molecule has 1 N–H and O–H groups in total. The fourth-order valence-electron chi connectivity index (χ4n) is 0.229. The van der Waals surface area contributed by atoms with Crippen LogP contribution in [-0.2, 0) is 0 Å². The van der Waals surface area contributed by atoms with Crippen molar-refractivity contribution in [2.24, 2.45) is 10.3 Å². The van der Waals surface area contributed by atoms with Crippen molar-refractivity contribution in [2.75, 3.05) is 0 Å². The van der Waals surface area contributed by atoms with Crippen molar-refractivity contribution in [3.63, 3.8) is 0 Å². The third-order valence-corrected chi connectivity index (χ3v) is 0.452. The Morgan fingerprint density at radius 2 is 2.57 bits per heavy atom. The molecular formula is C2H3FN4. The average molecular weight is 102 g/mol. The molecule has 1 heterocycles. The summed E-state index contributed by atoms with van der Waals surface area (Å²) in [5.74, 6) is 0. The SMILES string of the molecule is FN1N=NC=CN1. The Bertz CT molecular complexity index is 108. The van der Waals surface area contributed by atoms with Gasteiger partial charge in [0.2, 0.25) is 0 Å². The van der Waals surface area contributed by atoms with Crippen molar-refractivity contribution < 1.29 is 4.48 Å². The van der Waals surface area contributed by atoms with Crippen LogP contribution in [0, 0.1) is 0 Å². The zero-order valence-electron chi connectivity index (χ0n) is 3.37. The van der Waals surface area contributed by atoms with E-state index in [0.717, 1.165) is 0 Å². The molecule has 0 bridgehead atoms. The van der Waals surface area contributed by atoms with Crippen molar-refractivity contribution in [3.05, 3.63) is 12.4 Å². The molecule has 0 aromatic carbocycles. The van der Waals surface area contributed by atoms with Gasteiger partial charge in [0, 0.05) is 6.20 Å². The molecule has 1 rings (SSSR count). The first kappa shape index (κ1) is 4.04. The van der Waals surface area contributed by atoms with E-state index in [-0.39, 0.29) is 5.34 Å². The van der Waals surface area contributed by atoms with Gasteiger partial charge >= 0.3 is 0 Å². The molecule has 0 saturated carbocycles. The topological polar surface area (TPSA) is 40.0 Å². The second kappa shape index (κ2) is 1.55. The third kappa shape index (κ3) is 0.850. The minimum atomic E-state index is 0.0139. The molecule has 5 heteroatoms. The van der Waals surface area contributed by atoms with Gasteiger partial charge in [-0.1, -0.05) is 4.48 Å². The smallest absolute Gasteiger partial charge is 0.0692 e. The number of halogens is 1. The zero-order chi connectivity index (χ0) is 5.11. The standard InChI is InChI=1S/C2H3FN4/c3-7-5-2-1-4-6-7/h1-2,5H. The highest BCUT2D eigenvalue weighted by Crippen LogP contribution is 1.90. The van der Waals surface area contributed by atoms with E-state index in [1.807, 2.05) is 0 Å². The average Bonchev–Trinajstić information content (AvgIpc) is 1.69. The summed E-state index contributed by atoms with van der Waals surface area (Å²) < 4.78 is 11.6. The lowest BCUT2D eigenvalue weighted by Crippen LogP contribution is -2.20. The van der Waals surface area contributed by atoms with E-state index in [1.54, 1.807) is 0 Å². The summed E-state index contributed by atoms with van der Waals surface area (Å²) in [6.07, 6.45) is 2.67. The number of nitrogens with one attached hydrogen (secondary N) is 1. The first-order chi connectivity index (χ1) is 3.39. The molecule has 0 aromatic rings. The monoisotopic (exact) mass is 102 g/mol. The second-order valence-electron chi connectivity index (χ2n) is 0.910. The van der Waals surface area contributed by atoms with Gasteiger partial charge in [-0.25, -0.2) is 0 Å². The van der Waals surface area contributed by atoms with Crippen LogP contribution in [-0.4, -0.2) is 5.34 Å². The molecule has 0 aromatic heterocycles. The molecular weight excluding hydrogens is 99.0 g/mol. The van der Waals surface area contributed by atoms with Crippen LogP contribution in [0.15, 0.2) is 22.7 Å². The highest BCUT2D eigenvalue weighted by Gasteiger charge is 1.91. The van der Waals surface area contributed by atoms with E-state index >= 15 is 0 Å². The van der Waals surface area contributed by atoms with Gasteiger partial charge in [0.1, 0.15) is 0 Å². The number of hydrazine groups is 1. The first-order valence-corrected chi connectivity index (χ1v) is 1.67. The predicted molar refractivity (Wildman–Crippen MR) is 20.1 cm³/mol. The number of nitrogens with zero attached hydrogens (tertiary/aromatic N) is 3. The lowest BCUT2D eigenvalue weighted by atomic mass is 10.9. The van der Waals surface area contributed by atoms with Crippen LogP contribution in [0.1, 0.15) is 0 Å². The van der Waals surface area contributed by atoms with Crippen LogP contribution >= 0.6 is 0 Å². The summed E-state index contributed by atoms with van der Waals surface area (Å²) in [5, 5.41) is 6.13. The van der Waals surface area contributed by atoms with Gasteiger partial charge in [-0.3, -0.25) is 5.43 Å². The zero-order valence-corrected chi connectivity index (χ0v) is 3.37. The Morgan fingerprint density at radius 3 is 2.86 bits per heavy atom. The summed E-state index contributed by atoms with van der Waals surface area (Å²) in [6.45, 7) is 0. The quantitative estimate of drug-likeness (QED) is 0.453. The maximum absolute atomic E-state index is 11.6. The van der Waals surface area contributed by atoms with Crippen molar-refractivity contribution in [2.45, 2.75) is 0 Å². The molecule has 0 saturated heterocycles. The fourth-order valence-corrected chi connectivity index (χ4v) is 0.229. The van der Waals surface area contributed by atoms with E-state index in [9.17, 15) is 4.48 Å². The van der Waals surface area contributed by atoms with Gasteiger partial charge < -0.3 is 0 Å². The predicted octanol–water partition coefficient (Wildman–Crippen LogP) is 0.530. The van der Waals surface area contributed by atoms with E-state index < -0.39 is 0 Å². The van der Waals surface area contributed by atoms with E-state index in [4.69, 9.17) is 0 Å². The van der Waals surface area contributed by atoms with Crippen molar-refractivity contribution in [3.8, 4) is 0 Å². The minimum Gasteiger partial charge on any atom is -0.258 e. The maximum Gasteiger partial charge on any atom is 0.0692 e. The van der Waals surface area contributed by atoms with Gasteiger partial charge in [-0.2, -0.15) is 0 Å². The van der Waals surface area contributed by atoms with Crippen LogP contribution in [0.25, 0.3) is 0 Å². The Morgan fingerprint density at radius 1 is 1.71 bits per heavy atom. The number of rotatable bonds is 0. The molecule has 0 radical (unpaired) electrons. The Kier molecular flexibility index (Phi) is 0.892. The maximum atomic E-state index is 11.6. The fraction of sp³-hybridized carbons (Fsp3) is 0. The van der Waals surface area contributed by atoms with E-state index in [2.05, 4.69) is 15.8 Å². The molecule has 1 aliphatic heterocycles. The second-order valence-corrected chi connectivity index (χ2v) is 0.910. The van der Waals surface area contributed by atoms with Crippen LogP contribution < -0.4 is 5.43 Å². The lowest BCUT2D eigenvalue weighted by molar-refractivity contribution is -0.0257. The molecule has 0 amide bonds. The molecule has 4 nitrogen and oxygen atoms in total. The van der Waals surface area contributed by atoms with E-state index in [0.29, 0.717) is 0 Å².